The van der Waals surface area contributed by atoms with E-state index in [-0.39, 0.29) is 0 Å². The van der Waals surface area contributed by atoms with E-state index in [0.29, 0.717) is 22.0 Å². The molecule has 1 saturated carbocycles. The molecule has 1 aromatic heterocycles. The van der Waals surface area contributed by atoms with Crippen LogP contribution >= 0.6 is 23.2 Å². The van der Waals surface area contributed by atoms with Crippen LogP contribution in [-0.4, -0.2) is 9.55 Å². The van der Waals surface area contributed by atoms with E-state index in [4.69, 9.17) is 28.9 Å². The smallest absolute Gasteiger partial charge is 0.201 e. The van der Waals surface area contributed by atoms with Gasteiger partial charge in [-0.15, -0.1) is 0 Å². The second kappa shape index (κ2) is 4.88. The number of rotatable bonds is 1. The van der Waals surface area contributed by atoms with Crippen LogP contribution in [0.5, 0.6) is 0 Å². The Balaban J connectivity index is 2.12. The van der Waals surface area contributed by atoms with Crippen LogP contribution in [0.3, 0.4) is 0 Å². The van der Waals surface area contributed by atoms with Gasteiger partial charge in [0.25, 0.3) is 0 Å². The van der Waals surface area contributed by atoms with Crippen LogP contribution < -0.4 is 5.73 Å². The van der Waals surface area contributed by atoms with E-state index in [0.717, 1.165) is 29.8 Å². The van der Waals surface area contributed by atoms with Crippen molar-refractivity contribution in [3.05, 3.63) is 22.2 Å². The third-order valence-corrected chi connectivity index (χ3v) is 4.75. The maximum atomic E-state index is 6.12. The summed E-state index contributed by atoms with van der Waals surface area (Å²) < 4.78 is 2.13. The van der Waals surface area contributed by atoms with Gasteiger partial charge in [0, 0.05) is 6.04 Å². The number of benzene rings is 1. The summed E-state index contributed by atoms with van der Waals surface area (Å²) >= 11 is 12.2. The molecule has 0 radical (unpaired) electrons. The first-order valence-corrected chi connectivity index (χ1v) is 7.44. The molecule has 2 N–H and O–H groups in total. The highest BCUT2D eigenvalue weighted by Crippen LogP contribution is 2.37. The first kappa shape index (κ1) is 13.1. The van der Waals surface area contributed by atoms with Crippen molar-refractivity contribution < 1.29 is 0 Å². The quantitative estimate of drug-likeness (QED) is 0.831. The first-order valence-electron chi connectivity index (χ1n) is 6.68. The Morgan fingerprint density at radius 2 is 2.00 bits per heavy atom. The lowest BCUT2D eigenvalue weighted by Crippen LogP contribution is -2.19. The fourth-order valence-electron chi connectivity index (χ4n) is 3.13. The molecule has 3 rings (SSSR count). The fourth-order valence-corrected chi connectivity index (χ4v) is 3.45. The van der Waals surface area contributed by atoms with E-state index in [9.17, 15) is 0 Å². The van der Waals surface area contributed by atoms with Gasteiger partial charge in [0.1, 0.15) is 0 Å². The molecular weight excluding hydrogens is 281 g/mol. The molecule has 2 unspecified atom stereocenters. The van der Waals surface area contributed by atoms with Gasteiger partial charge >= 0.3 is 0 Å². The molecule has 0 amide bonds. The lowest BCUT2D eigenvalue weighted by Gasteiger charge is -2.28. The molecule has 2 aromatic rings. The molecule has 3 nitrogen and oxygen atoms in total. The third kappa shape index (κ3) is 2.30. The van der Waals surface area contributed by atoms with Crippen LogP contribution in [0, 0.1) is 5.92 Å². The number of anilines is 1. The Bertz CT molecular complexity index is 621. The fraction of sp³-hybridized carbons (Fsp3) is 0.500. The minimum absolute atomic E-state index is 0.422. The van der Waals surface area contributed by atoms with E-state index < -0.39 is 0 Å². The number of halogens is 2. The lowest BCUT2D eigenvalue weighted by atomic mass is 9.87. The molecular formula is C14H17Cl2N3. The average Bonchev–Trinajstić information content (AvgIpc) is 2.65. The van der Waals surface area contributed by atoms with Gasteiger partial charge in [0.2, 0.25) is 5.95 Å². The second-order valence-electron chi connectivity index (χ2n) is 5.52. The van der Waals surface area contributed by atoms with Crippen molar-refractivity contribution in [3.63, 3.8) is 0 Å². The number of nitrogens with zero attached hydrogens (tertiary/aromatic N) is 2. The molecule has 5 heteroatoms. The largest absolute Gasteiger partial charge is 0.369 e. The van der Waals surface area contributed by atoms with E-state index in [2.05, 4.69) is 16.5 Å². The Morgan fingerprint density at radius 3 is 2.74 bits per heavy atom. The normalized spacial score (nSPS) is 23.9. The summed E-state index contributed by atoms with van der Waals surface area (Å²) in [7, 11) is 0. The van der Waals surface area contributed by atoms with Crippen molar-refractivity contribution in [1.29, 1.82) is 0 Å². The predicted octanol–water partition coefficient (Wildman–Crippen LogP) is 4.68. The van der Waals surface area contributed by atoms with E-state index >= 15 is 0 Å². The minimum Gasteiger partial charge on any atom is -0.369 e. The van der Waals surface area contributed by atoms with Gasteiger partial charge in [0.15, 0.2) is 0 Å². The SMILES string of the molecule is CC1CCCC(n2c(N)nc3cc(Cl)c(Cl)cc32)C1. The minimum atomic E-state index is 0.422. The first-order chi connectivity index (χ1) is 9.06. The molecule has 1 aliphatic rings. The van der Waals surface area contributed by atoms with Gasteiger partial charge in [-0.2, -0.15) is 0 Å². The Hall–Kier alpha value is -0.930. The summed E-state index contributed by atoms with van der Waals surface area (Å²) in [6.07, 6.45) is 4.85. The number of nitrogen functional groups attached to an aromatic ring is 1. The summed E-state index contributed by atoms with van der Waals surface area (Å²) in [6.45, 7) is 2.30. The van der Waals surface area contributed by atoms with E-state index in [1.807, 2.05) is 6.07 Å². The molecule has 1 aromatic carbocycles. The number of hydrogen-bond acceptors (Lipinski definition) is 2. The highest BCUT2D eigenvalue weighted by molar-refractivity contribution is 6.42. The number of imidazole rings is 1. The summed E-state index contributed by atoms with van der Waals surface area (Å²) in [6, 6.07) is 4.09. The zero-order valence-corrected chi connectivity index (χ0v) is 12.4. The highest BCUT2D eigenvalue weighted by atomic mass is 35.5. The van der Waals surface area contributed by atoms with Crippen molar-refractivity contribution in [3.8, 4) is 0 Å². The van der Waals surface area contributed by atoms with E-state index in [1.165, 1.54) is 12.8 Å². The Kier molecular flexibility index (Phi) is 3.35. The molecule has 0 bridgehead atoms. The monoisotopic (exact) mass is 297 g/mol. The van der Waals surface area contributed by atoms with Crippen molar-refractivity contribution >= 4 is 40.2 Å². The zero-order valence-electron chi connectivity index (χ0n) is 10.9. The maximum Gasteiger partial charge on any atom is 0.201 e. The number of aromatic nitrogens is 2. The number of fused-ring (bicyclic) bond motifs is 1. The highest BCUT2D eigenvalue weighted by Gasteiger charge is 2.24. The van der Waals surface area contributed by atoms with Crippen molar-refractivity contribution in [2.75, 3.05) is 5.73 Å². The predicted molar refractivity (Wildman–Crippen MR) is 80.8 cm³/mol. The summed E-state index contributed by atoms with van der Waals surface area (Å²) in [5, 5.41) is 1.08. The summed E-state index contributed by atoms with van der Waals surface area (Å²) in [5.74, 6) is 1.30. The van der Waals surface area contributed by atoms with Crippen molar-refractivity contribution in [2.45, 2.75) is 38.6 Å². The molecule has 19 heavy (non-hydrogen) atoms. The van der Waals surface area contributed by atoms with Crippen molar-refractivity contribution in [2.24, 2.45) is 5.92 Å². The average molecular weight is 298 g/mol. The van der Waals surface area contributed by atoms with Gasteiger partial charge in [-0.3, -0.25) is 0 Å². The molecule has 1 heterocycles. The molecule has 102 valence electrons. The standard InChI is InChI=1S/C14H17Cl2N3/c1-8-3-2-4-9(5-8)19-13-7-11(16)10(15)6-12(13)18-14(19)17/h6-9H,2-5H2,1H3,(H2,17,18). The van der Waals surface area contributed by atoms with Crippen LogP contribution in [0.15, 0.2) is 12.1 Å². The maximum absolute atomic E-state index is 6.12. The zero-order chi connectivity index (χ0) is 13.6. The van der Waals surface area contributed by atoms with Crippen molar-refractivity contribution in [1.82, 2.24) is 9.55 Å². The van der Waals surface area contributed by atoms with Crippen LogP contribution in [0.1, 0.15) is 38.6 Å². The third-order valence-electron chi connectivity index (χ3n) is 4.03. The van der Waals surface area contributed by atoms with Gasteiger partial charge in [-0.05, 0) is 30.9 Å². The van der Waals surface area contributed by atoms with E-state index in [1.54, 1.807) is 6.07 Å². The van der Waals surface area contributed by atoms with Gasteiger partial charge < -0.3 is 10.3 Å². The Labute approximate surface area is 122 Å². The second-order valence-corrected chi connectivity index (χ2v) is 6.34. The molecule has 0 aliphatic heterocycles. The van der Waals surface area contributed by atoms with Crippen LogP contribution in [-0.2, 0) is 0 Å². The molecule has 1 aliphatic carbocycles. The number of hydrogen-bond donors (Lipinski definition) is 1. The van der Waals surface area contributed by atoms with Gasteiger partial charge in [-0.25, -0.2) is 4.98 Å². The Morgan fingerprint density at radius 1 is 1.26 bits per heavy atom. The number of nitrogens with two attached hydrogens (primary N) is 1. The summed E-state index contributed by atoms with van der Waals surface area (Å²) in [4.78, 5) is 4.41. The topological polar surface area (TPSA) is 43.8 Å². The molecule has 2 atom stereocenters. The molecule has 0 spiro atoms. The lowest BCUT2D eigenvalue weighted by molar-refractivity contribution is 0.289. The molecule has 1 fully saturated rings. The molecule has 0 saturated heterocycles. The summed E-state index contributed by atoms with van der Waals surface area (Å²) in [5.41, 5.74) is 7.91. The van der Waals surface area contributed by atoms with Crippen LogP contribution in [0.4, 0.5) is 5.95 Å². The van der Waals surface area contributed by atoms with Gasteiger partial charge in [-0.1, -0.05) is 43.0 Å². The van der Waals surface area contributed by atoms with Gasteiger partial charge in [0.05, 0.1) is 21.1 Å². The van der Waals surface area contributed by atoms with Crippen LogP contribution in [0.25, 0.3) is 11.0 Å². The van der Waals surface area contributed by atoms with Crippen LogP contribution in [0.2, 0.25) is 10.0 Å².